The van der Waals surface area contributed by atoms with Gasteiger partial charge in [-0.15, -0.1) is 0 Å². The molecule has 2 N–H and O–H groups in total. The van der Waals surface area contributed by atoms with Crippen LogP contribution in [0.5, 0.6) is 0 Å². The van der Waals surface area contributed by atoms with Gasteiger partial charge < -0.3 is 25.2 Å². The first kappa shape index (κ1) is 20.5. The molecule has 0 aliphatic carbocycles. The SMILES string of the molecule is COC(=O)NC1CCN(c2ccccc2C(=O)NCCN2CCCCC2)CC1. The first-order valence-corrected chi connectivity index (χ1v) is 10.4. The lowest BCUT2D eigenvalue weighted by atomic mass is 10.0. The van der Waals surface area contributed by atoms with Crippen molar-refractivity contribution >= 4 is 17.7 Å². The second kappa shape index (κ2) is 10.3. The molecule has 2 fully saturated rings. The van der Waals surface area contributed by atoms with Crippen LogP contribution in [0.25, 0.3) is 0 Å². The zero-order valence-corrected chi connectivity index (χ0v) is 16.8. The lowest BCUT2D eigenvalue weighted by Crippen LogP contribution is -2.45. The Labute approximate surface area is 167 Å². The number of methoxy groups -OCH3 is 1. The number of hydrogen-bond donors (Lipinski definition) is 2. The van der Waals surface area contributed by atoms with Crippen LogP contribution >= 0.6 is 0 Å². The highest BCUT2D eigenvalue weighted by atomic mass is 16.5. The number of nitrogens with one attached hydrogen (secondary N) is 2. The van der Waals surface area contributed by atoms with Crippen molar-refractivity contribution in [2.75, 3.05) is 51.3 Å². The van der Waals surface area contributed by atoms with E-state index in [1.165, 1.54) is 26.4 Å². The number of carbonyl (C=O) groups excluding carboxylic acids is 2. The maximum absolute atomic E-state index is 12.8. The molecular formula is C21H32N4O3. The van der Waals surface area contributed by atoms with Gasteiger partial charge in [-0.3, -0.25) is 4.79 Å². The molecule has 154 valence electrons. The third-order valence-corrected chi connectivity index (χ3v) is 5.65. The average molecular weight is 389 g/mol. The zero-order chi connectivity index (χ0) is 19.8. The van der Waals surface area contributed by atoms with Crippen LogP contribution in [0, 0.1) is 0 Å². The summed E-state index contributed by atoms with van der Waals surface area (Å²) in [5.41, 5.74) is 1.69. The predicted octanol–water partition coefficient (Wildman–Crippen LogP) is 2.23. The zero-order valence-electron chi connectivity index (χ0n) is 16.8. The number of alkyl carbamates (subject to hydrolysis) is 1. The number of piperidine rings is 2. The molecule has 0 atom stereocenters. The summed E-state index contributed by atoms with van der Waals surface area (Å²) in [7, 11) is 1.38. The molecule has 2 amide bonds. The van der Waals surface area contributed by atoms with Gasteiger partial charge in [-0.2, -0.15) is 0 Å². The summed E-state index contributed by atoms with van der Waals surface area (Å²) in [6.45, 7) is 5.47. The van der Waals surface area contributed by atoms with Crippen LogP contribution < -0.4 is 15.5 Å². The molecule has 2 aliphatic rings. The number of hydrogen-bond acceptors (Lipinski definition) is 5. The summed E-state index contributed by atoms with van der Waals surface area (Å²) in [4.78, 5) is 28.8. The third kappa shape index (κ3) is 5.61. The number of anilines is 1. The quantitative estimate of drug-likeness (QED) is 0.782. The minimum Gasteiger partial charge on any atom is -0.453 e. The maximum Gasteiger partial charge on any atom is 0.407 e. The van der Waals surface area contributed by atoms with Crippen molar-refractivity contribution in [2.24, 2.45) is 0 Å². The fourth-order valence-corrected chi connectivity index (χ4v) is 4.04. The van der Waals surface area contributed by atoms with Crippen molar-refractivity contribution in [1.82, 2.24) is 15.5 Å². The van der Waals surface area contributed by atoms with Gasteiger partial charge >= 0.3 is 6.09 Å². The number of ether oxygens (including phenoxy) is 1. The molecule has 0 saturated carbocycles. The topological polar surface area (TPSA) is 73.9 Å². The van der Waals surface area contributed by atoms with E-state index in [0.29, 0.717) is 6.54 Å². The molecule has 0 radical (unpaired) electrons. The van der Waals surface area contributed by atoms with E-state index in [-0.39, 0.29) is 18.0 Å². The summed E-state index contributed by atoms with van der Waals surface area (Å²) in [5.74, 6) is -0.0116. The van der Waals surface area contributed by atoms with Gasteiger partial charge in [-0.05, 0) is 50.9 Å². The highest BCUT2D eigenvalue weighted by molar-refractivity contribution is 5.99. The number of likely N-dealkylation sites (tertiary alicyclic amines) is 1. The highest BCUT2D eigenvalue weighted by Gasteiger charge is 2.24. The highest BCUT2D eigenvalue weighted by Crippen LogP contribution is 2.24. The minimum atomic E-state index is -0.382. The van der Waals surface area contributed by atoms with E-state index in [0.717, 1.165) is 56.8 Å². The Morgan fingerprint density at radius 3 is 2.50 bits per heavy atom. The summed E-state index contributed by atoms with van der Waals surface area (Å²) >= 11 is 0. The molecule has 3 rings (SSSR count). The van der Waals surface area contributed by atoms with Gasteiger partial charge in [0, 0.05) is 37.9 Å². The normalized spacial score (nSPS) is 18.5. The van der Waals surface area contributed by atoms with Crippen LogP contribution in [0.15, 0.2) is 24.3 Å². The molecule has 7 nitrogen and oxygen atoms in total. The van der Waals surface area contributed by atoms with E-state index in [4.69, 9.17) is 0 Å². The largest absolute Gasteiger partial charge is 0.453 e. The predicted molar refractivity (Wildman–Crippen MR) is 110 cm³/mol. The van der Waals surface area contributed by atoms with Crippen molar-refractivity contribution < 1.29 is 14.3 Å². The van der Waals surface area contributed by atoms with Crippen molar-refractivity contribution in [3.63, 3.8) is 0 Å². The van der Waals surface area contributed by atoms with Crippen LogP contribution in [0.3, 0.4) is 0 Å². The van der Waals surface area contributed by atoms with Gasteiger partial charge in [0.05, 0.1) is 12.7 Å². The van der Waals surface area contributed by atoms with E-state index in [1.54, 1.807) is 0 Å². The van der Waals surface area contributed by atoms with Gasteiger partial charge in [-0.25, -0.2) is 4.79 Å². The van der Waals surface area contributed by atoms with Gasteiger partial charge in [-0.1, -0.05) is 18.6 Å². The Morgan fingerprint density at radius 1 is 1.07 bits per heavy atom. The van der Waals surface area contributed by atoms with Crippen molar-refractivity contribution in [2.45, 2.75) is 38.1 Å². The number of rotatable bonds is 6. The molecule has 2 saturated heterocycles. The van der Waals surface area contributed by atoms with Crippen LogP contribution in [-0.4, -0.2) is 69.3 Å². The summed E-state index contributed by atoms with van der Waals surface area (Å²) in [6, 6.07) is 7.90. The lowest BCUT2D eigenvalue weighted by molar-refractivity contribution is 0.0947. The molecule has 0 spiro atoms. The van der Waals surface area contributed by atoms with Crippen LogP contribution in [0.1, 0.15) is 42.5 Å². The van der Waals surface area contributed by atoms with Gasteiger partial charge in [0.15, 0.2) is 0 Å². The Bertz CT molecular complexity index is 653. The van der Waals surface area contributed by atoms with E-state index in [1.807, 2.05) is 24.3 Å². The standard InChI is InChI=1S/C21H32N4O3/c1-28-21(27)23-17-9-14-25(15-10-17)19-8-4-3-7-18(19)20(26)22-11-16-24-12-5-2-6-13-24/h3-4,7-8,17H,2,5-6,9-16H2,1H3,(H,22,26)(H,23,27). The molecular weight excluding hydrogens is 356 g/mol. The molecule has 0 unspecified atom stereocenters. The van der Waals surface area contributed by atoms with Gasteiger partial charge in [0.1, 0.15) is 0 Å². The number of benzene rings is 1. The average Bonchev–Trinajstić information content (AvgIpc) is 2.75. The first-order chi connectivity index (χ1) is 13.7. The second-order valence-electron chi connectivity index (χ2n) is 7.57. The van der Waals surface area contributed by atoms with E-state index in [9.17, 15) is 9.59 Å². The molecule has 2 heterocycles. The van der Waals surface area contributed by atoms with E-state index in [2.05, 4.69) is 25.2 Å². The fraction of sp³-hybridized carbons (Fsp3) is 0.619. The fourth-order valence-electron chi connectivity index (χ4n) is 4.04. The number of nitrogens with zero attached hydrogens (tertiary/aromatic N) is 2. The first-order valence-electron chi connectivity index (χ1n) is 10.4. The number of amides is 2. The van der Waals surface area contributed by atoms with Crippen LogP contribution in [0.2, 0.25) is 0 Å². The summed E-state index contributed by atoms with van der Waals surface area (Å²) in [5, 5.41) is 5.95. The molecule has 2 aliphatic heterocycles. The second-order valence-corrected chi connectivity index (χ2v) is 7.57. The van der Waals surface area contributed by atoms with Crippen molar-refractivity contribution in [3.05, 3.63) is 29.8 Å². The van der Waals surface area contributed by atoms with Gasteiger partial charge in [0.2, 0.25) is 0 Å². The molecule has 0 aromatic heterocycles. The molecule has 28 heavy (non-hydrogen) atoms. The molecule has 1 aromatic rings. The minimum absolute atomic E-state index is 0.0116. The van der Waals surface area contributed by atoms with Crippen LogP contribution in [-0.2, 0) is 4.74 Å². The Hall–Kier alpha value is -2.28. The molecule has 1 aromatic carbocycles. The Kier molecular flexibility index (Phi) is 7.54. The maximum atomic E-state index is 12.8. The van der Waals surface area contributed by atoms with E-state index >= 15 is 0 Å². The lowest BCUT2D eigenvalue weighted by Gasteiger charge is -2.34. The van der Waals surface area contributed by atoms with Gasteiger partial charge in [0.25, 0.3) is 5.91 Å². The monoisotopic (exact) mass is 388 g/mol. The molecule has 7 heteroatoms. The third-order valence-electron chi connectivity index (χ3n) is 5.65. The van der Waals surface area contributed by atoms with E-state index < -0.39 is 0 Å². The smallest absolute Gasteiger partial charge is 0.407 e. The summed E-state index contributed by atoms with van der Waals surface area (Å²) in [6.07, 6.45) is 5.13. The molecule has 0 bridgehead atoms. The van der Waals surface area contributed by atoms with Crippen molar-refractivity contribution in [3.8, 4) is 0 Å². The van der Waals surface area contributed by atoms with Crippen LogP contribution in [0.4, 0.5) is 10.5 Å². The summed E-state index contributed by atoms with van der Waals surface area (Å²) < 4.78 is 4.68. The van der Waals surface area contributed by atoms with Crippen molar-refractivity contribution in [1.29, 1.82) is 0 Å². The number of carbonyl (C=O) groups is 2. The Balaban J connectivity index is 1.52. The number of para-hydroxylation sites is 1. The Morgan fingerprint density at radius 2 is 1.79 bits per heavy atom.